The average molecular weight is 331 g/mol. The van der Waals surface area contributed by atoms with Crippen molar-refractivity contribution in [3.63, 3.8) is 0 Å². The molecule has 0 amide bonds. The molecule has 0 aliphatic carbocycles. The van der Waals surface area contributed by atoms with E-state index in [0.717, 1.165) is 17.9 Å². The smallest absolute Gasteiger partial charge is 0.262 e. The van der Waals surface area contributed by atoms with Gasteiger partial charge in [-0.2, -0.15) is 4.39 Å². The van der Waals surface area contributed by atoms with E-state index in [9.17, 15) is 27.5 Å². The second kappa shape index (κ2) is 5.60. The Morgan fingerprint density at radius 1 is 1.43 bits per heavy atom. The Hall–Kier alpha value is -2.51. The molecule has 1 heterocycles. The molecule has 0 aliphatic heterocycles. The summed E-state index contributed by atoms with van der Waals surface area (Å²) < 4.78 is 59.9. The van der Waals surface area contributed by atoms with E-state index in [1.807, 2.05) is 0 Å². The number of rotatable bonds is 4. The number of ether oxygens (including phenoxy) is 1. The number of pyridine rings is 1. The zero-order valence-electron chi connectivity index (χ0n) is 12.3. The molecule has 4 nitrogen and oxygen atoms in total. The number of aromatic nitrogens is 1. The topological polar surface area (TPSA) is 51.5 Å². The van der Waals surface area contributed by atoms with Gasteiger partial charge < -0.3 is 14.4 Å². The molecule has 0 aliphatic rings. The molecule has 1 aromatic heterocycles. The van der Waals surface area contributed by atoms with Crippen molar-refractivity contribution < 1.29 is 27.4 Å². The largest absolute Gasteiger partial charge is 0.508 e. The van der Waals surface area contributed by atoms with Crippen LogP contribution in [-0.2, 0) is 6.54 Å². The second-order valence-corrected chi connectivity index (χ2v) is 5.12. The Morgan fingerprint density at radius 3 is 2.52 bits per heavy atom. The fourth-order valence-electron chi connectivity index (χ4n) is 2.29. The molecule has 1 aromatic carbocycles. The Balaban J connectivity index is 3.02. The van der Waals surface area contributed by atoms with Crippen molar-refractivity contribution in [3.8, 4) is 5.75 Å². The summed E-state index contributed by atoms with van der Waals surface area (Å²) in [5.74, 6) is -7.33. The van der Waals surface area contributed by atoms with Crippen molar-refractivity contribution in [1.82, 2.24) is 4.57 Å². The highest BCUT2D eigenvalue weighted by atomic mass is 19.3. The summed E-state index contributed by atoms with van der Waals surface area (Å²) in [6.45, 7) is 2.85. The molecule has 1 N–H and O–H groups in total. The van der Waals surface area contributed by atoms with Crippen molar-refractivity contribution >= 4 is 16.7 Å². The summed E-state index contributed by atoms with van der Waals surface area (Å²) in [5.41, 5.74) is -1.60. The molecule has 8 heteroatoms. The second-order valence-electron chi connectivity index (χ2n) is 5.12. The molecule has 0 saturated heterocycles. The first-order valence-corrected chi connectivity index (χ1v) is 6.42. The van der Waals surface area contributed by atoms with Crippen LogP contribution in [0.1, 0.15) is 12.5 Å². The lowest BCUT2D eigenvalue weighted by molar-refractivity contribution is 0.00483. The van der Waals surface area contributed by atoms with Crippen LogP contribution in [0.4, 0.5) is 17.6 Å². The molecule has 0 saturated carbocycles. The minimum Gasteiger partial charge on any atom is -0.508 e. The molecular formula is C15H13F4NO3. The molecule has 23 heavy (non-hydrogen) atoms. The molecule has 0 bridgehead atoms. The van der Waals surface area contributed by atoms with Crippen LogP contribution in [0.3, 0.4) is 0 Å². The number of methoxy groups -OCH3 is 1. The minimum atomic E-state index is -3.22. The summed E-state index contributed by atoms with van der Waals surface area (Å²) in [6, 6.07) is 0.576. The number of fused-ring (bicyclic) bond motifs is 1. The number of halogens is 4. The standard InChI is InChI=1S/C15H13F4NO3/c1-7(21)9-5-20(6-15(2,18)19)12-8(13(9)22)4-10(16)11(17)14(12)23-3/h4-5,21H,1,6H2,2-3H3. The monoisotopic (exact) mass is 331 g/mol. The Labute approximate surface area is 128 Å². The quantitative estimate of drug-likeness (QED) is 0.689. The maximum atomic E-state index is 13.9. The fourth-order valence-corrected chi connectivity index (χ4v) is 2.29. The summed E-state index contributed by atoms with van der Waals surface area (Å²) in [4.78, 5) is 12.3. The number of alkyl halides is 2. The fraction of sp³-hybridized carbons (Fsp3) is 0.267. The number of nitrogens with zero attached hydrogens (tertiary/aromatic N) is 1. The van der Waals surface area contributed by atoms with E-state index >= 15 is 0 Å². The molecule has 0 spiro atoms. The lowest BCUT2D eigenvalue weighted by atomic mass is 10.1. The van der Waals surface area contributed by atoms with E-state index in [4.69, 9.17) is 4.74 Å². The van der Waals surface area contributed by atoms with Gasteiger partial charge in [-0.1, -0.05) is 6.58 Å². The van der Waals surface area contributed by atoms with Gasteiger partial charge in [-0.15, -0.1) is 0 Å². The predicted molar refractivity (Wildman–Crippen MR) is 77.0 cm³/mol. The minimum absolute atomic E-state index is 0.331. The highest BCUT2D eigenvalue weighted by molar-refractivity contribution is 5.87. The molecular weight excluding hydrogens is 318 g/mol. The molecule has 0 unspecified atom stereocenters. The first-order chi connectivity index (χ1) is 10.6. The van der Waals surface area contributed by atoms with Crippen LogP contribution < -0.4 is 10.2 Å². The van der Waals surface area contributed by atoms with E-state index in [0.29, 0.717) is 13.0 Å². The number of benzene rings is 1. The maximum Gasteiger partial charge on any atom is 0.262 e. The van der Waals surface area contributed by atoms with E-state index in [2.05, 4.69) is 6.58 Å². The molecule has 124 valence electrons. The van der Waals surface area contributed by atoms with Crippen molar-refractivity contribution in [3.05, 3.63) is 46.3 Å². The van der Waals surface area contributed by atoms with Gasteiger partial charge in [-0.3, -0.25) is 4.79 Å². The Bertz CT molecular complexity index is 853. The third kappa shape index (κ3) is 3.01. The van der Waals surface area contributed by atoms with Crippen molar-refractivity contribution in [1.29, 1.82) is 0 Å². The lowest BCUT2D eigenvalue weighted by Crippen LogP contribution is -2.23. The van der Waals surface area contributed by atoms with E-state index in [-0.39, 0.29) is 5.52 Å². The highest BCUT2D eigenvalue weighted by Gasteiger charge is 2.27. The first-order valence-electron chi connectivity index (χ1n) is 6.42. The van der Waals surface area contributed by atoms with Gasteiger partial charge in [-0.05, 0) is 6.07 Å². The van der Waals surface area contributed by atoms with Crippen LogP contribution in [0.25, 0.3) is 16.7 Å². The predicted octanol–water partition coefficient (Wildman–Crippen LogP) is 3.47. The van der Waals surface area contributed by atoms with Crippen LogP contribution >= 0.6 is 0 Å². The summed E-state index contributed by atoms with van der Waals surface area (Å²) in [5, 5.41) is 9.04. The number of aliphatic hydroxyl groups is 1. The third-order valence-corrected chi connectivity index (χ3v) is 3.17. The third-order valence-electron chi connectivity index (χ3n) is 3.17. The van der Waals surface area contributed by atoms with Crippen LogP contribution in [0.5, 0.6) is 5.75 Å². The molecule has 0 radical (unpaired) electrons. The van der Waals surface area contributed by atoms with E-state index in [1.54, 1.807) is 0 Å². The Kier molecular flexibility index (Phi) is 4.10. The van der Waals surface area contributed by atoms with Crippen LogP contribution in [0, 0.1) is 11.6 Å². The molecule has 0 atom stereocenters. The molecule has 2 aromatic rings. The summed E-state index contributed by atoms with van der Waals surface area (Å²) >= 11 is 0. The number of hydrogen-bond donors (Lipinski definition) is 1. The van der Waals surface area contributed by atoms with Gasteiger partial charge in [0.25, 0.3) is 5.92 Å². The van der Waals surface area contributed by atoms with Gasteiger partial charge in [0, 0.05) is 13.1 Å². The normalized spacial score (nSPS) is 11.7. The van der Waals surface area contributed by atoms with Crippen LogP contribution in [0.2, 0.25) is 0 Å². The van der Waals surface area contributed by atoms with Crippen molar-refractivity contribution in [2.75, 3.05) is 7.11 Å². The van der Waals surface area contributed by atoms with Gasteiger partial charge in [0.05, 0.1) is 30.1 Å². The van der Waals surface area contributed by atoms with Gasteiger partial charge >= 0.3 is 0 Å². The zero-order valence-corrected chi connectivity index (χ0v) is 12.3. The number of aliphatic hydroxyl groups excluding tert-OH is 1. The van der Waals surface area contributed by atoms with Crippen molar-refractivity contribution in [2.45, 2.75) is 19.4 Å². The maximum absolute atomic E-state index is 13.9. The first kappa shape index (κ1) is 16.9. The molecule has 2 rings (SSSR count). The van der Waals surface area contributed by atoms with E-state index < -0.39 is 52.0 Å². The van der Waals surface area contributed by atoms with Gasteiger partial charge in [0.2, 0.25) is 11.2 Å². The van der Waals surface area contributed by atoms with Gasteiger partial charge in [-0.25, -0.2) is 13.2 Å². The Morgan fingerprint density at radius 2 is 2.04 bits per heavy atom. The van der Waals surface area contributed by atoms with E-state index in [1.165, 1.54) is 0 Å². The van der Waals surface area contributed by atoms with Crippen molar-refractivity contribution in [2.24, 2.45) is 0 Å². The van der Waals surface area contributed by atoms with Crippen LogP contribution in [-0.4, -0.2) is 22.7 Å². The van der Waals surface area contributed by atoms with Crippen LogP contribution in [0.15, 0.2) is 23.6 Å². The summed E-state index contributed by atoms with van der Waals surface area (Å²) in [6.07, 6.45) is 0.907. The van der Waals surface area contributed by atoms with Gasteiger partial charge in [0.1, 0.15) is 5.76 Å². The molecule has 0 fully saturated rings. The SMILES string of the molecule is C=C(O)c1cn(CC(C)(F)F)c2c(OC)c(F)c(F)cc2c1=O. The summed E-state index contributed by atoms with van der Waals surface area (Å²) in [7, 11) is 1.02. The average Bonchev–Trinajstić information content (AvgIpc) is 2.42. The highest BCUT2D eigenvalue weighted by Crippen LogP contribution is 2.31. The zero-order chi connectivity index (χ0) is 17.5. The number of hydrogen-bond acceptors (Lipinski definition) is 3. The van der Waals surface area contributed by atoms with Gasteiger partial charge in [0.15, 0.2) is 11.6 Å². The lowest BCUT2D eigenvalue weighted by Gasteiger charge is -2.19.